The van der Waals surface area contributed by atoms with Crippen LogP contribution in [-0.2, 0) is 0 Å². The predicted octanol–water partition coefficient (Wildman–Crippen LogP) is -0.124. The number of aliphatic imine (C=N–C) groups is 1. The third-order valence-electron chi connectivity index (χ3n) is 2.60. The van der Waals surface area contributed by atoms with Gasteiger partial charge in [-0.05, 0) is 18.2 Å². The zero-order valence-electron chi connectivity index (χ0n) is 8.73. The Hall–Kier alpha value is -0.650. The number of aromatic hydroxyl groups is 1. The Kier molecular flexibility index (Phi) is 3.70. The van der Waals surface area contributed by atoms with E-state index in [4.69, 9.17) is 0 Å². The molecule has 1 N–H and O–H groups in total. The Morgan fingerprint density at radius 1 is 1.41 bits per heavy atom. The molecule has 0 aliphatic carbocycles. The highest BCUT2D eigenvalue weighted by atomic mass is 79.9. The van der Waals surface area contributed by atoms with Gasteiger partial charge in [-0.15, -0.1) is 0 Å². The lowest BCUT2D eigenvalue weighted by Gasteiger charge is -2.17. The van der Waals surface area contributed by atoms with Gasteiger partial charge in [0.2, 0.25) is 0 Å². The van der Waals surface area contributed by atoms with Crippen molar-refractivity contribution in [3.05, 3.63) is 33.6 Å². The van der Waals surface area contributed by atoms with E-state index in [2.05, 4.69) is 25.8 Å². The number of rotatable bonds is 1. The van der Waals surface area contributed by atoms with Crippen LogP contribution in [0.5, 0.6) is 5.75 Å². The number of thioether (sulfide) groups is 1. The van der Waals surface area contributed by atoms with Gasteiger partial charge in [0.25, 0.3) is 0 Å². The summed E-state index contributed by atoms with van der Waals surface area (Å²) in [6.07, 6.45) is 0. The number of phenolic OH excluding ortho intramolecular Hbond substituents is 1. The van der Waals surface area contributed by atoms with Gasteiger partial charge in [0.05, 0.1) is 12.2 Å². The standard InChI is InChI=1S/C11H9BrN2OS.ClH/c12-7-1-2-10(15)8(5-7)9-6-16-11-13-3-4-14(9)11;/h1-2,5-6,15H,3-4H2;1H/p-1. The average Bonchev–Trinajstić information content (AvgIpc) is 2.83. The number of fused-ring (bicyclic) bond motifs is 1. The van der Waals surface area contributed by atoms with Crippen molar-refractivity contribution in [1.29, 1.82) is 0 Å². The van der Waals surface area contributed by atoms with E-state index in [9.17, 15) is 5.11 Å². The van der Waals surface area contributed by atoms with Crippen molar-refractivity contribution in [2.75, 3.05) is 13.1 Å². The molecule has 17 heavy (non-hydrogen) atoms. The van der Waals surface area contributed by atoms with Gasteiger partial charge >= 0.3 is 0 Å². The van der Waals surface area contributed by atoms with Gasteiger partial charge in [0.15, 0.2) is 5.17 Å². The lowest BCUT2D eigenvalue weighted by molar-refractivity contribution is -0.00000402. The fourth-order valence-electron chi connectivity index (χ4n) is 1.85. The highest BCUT2D eigenvalue weighted by Crippen LogP contribution is 2.39. The minimum atomic E-state index is 0. The summed E-state index contributed by atoms with van der Waals surface area (Å²) in [7, 11) is 0. The molecular weight excluding hydrogens is 324 g/mol. The highest BCUT2D eigenvalue weighted by molar-refractivity contribution is 9.10. The summed E-state index contributed by atoms with van der Waals surface area (Å²) in [6, 6.07) is 5.47. The molecule has 2 heterocycles. The molecule has 6 heteroatoms. The van der Waals surface area contributed by atoms with Crippen molar-refractivity contribution in [1.82, 2.24) is 4.90 Å². The van der Waals surface area contributed by atoms with Crippen molar-refractivity contribution in [2.24, 2.45) is 4.99 Å². The van der Waals surface area contributed by atoms with Crippen molar-refractivity contribution in [3.63, 3.8) is 0 Å². The van der Waals surface area contributed by atoms with E-state index in [0.29, 0.717) is 5.75 Å². The second-order valence-corrected chi connectivity index (χ2v) is 5.35. The molecule has 0 saturated carbocycles. The molecule has 0 unspecified atom stereocenters. The number of hydrogen-bond acceptors (Lipinski definition) is 4. The minimum Gasteiger partial charge on any atom is -1.00 e. The molecule has 0 aromatic heterocycles. The molecule has 90 valence electrons. The molecule has 0 saturated heterocycles. The minimum absolute atomic E-state index is 0. The van der Waals surface area contributed by atoms with Crippen LogP contribution in [0.4, 0.5) is 0 Å². The molecule has 0 radical (unpaired) electrons. The first-order valence-corrected chi connectivity index (χ1v) is 6.61. The molecule has 0 spiro atoms. The Bertz CT molecular complexity index is 518. The summed E-state index contributed by atoms with van der Waals surface area (Å²) < 4.78 is 0.968. The van der Waals surface area contributed by atoms with Crippen LogP contribution < -0.4 is 12.4 Å². The molecule has 3 rings (SSSR count). The van der Waals surface area contributed by atoms with E-state index < -0.39 is 0 Å². The summed E-state index contributed by atoms with van der Waals surface area (Å²) in [5.74, 6) is 0.309. The molecule has 3 nitrogen and oxygen atoms in total. The fourth-order valence-corrected chi connectivity index (χ4v) is 3.16. The van der Waals surface area contributed by atoms with Crippen LogP contribution in [0.3, 0.4) is 0 Å². The van der Waals surface area contributed by atoms with Gasteiger partial charge in [-0.2, -0.15) is 0 Å². The van der Waals surface area contributed by atoms with E-state index >= 15 is 0 Å². The van der Waals surface area contributed by atoms with Gasteiger partial charge in [0, 0.05) is 22.0 Å². The first kappa shape index (κ1) is 12.8. The lowest BCUT2D eigenvalue weighted by atomic mass is 10.1. The second-order valence-electron chi connectivity index (χ2n) is 3.60. The number of phenols is 1. The van der Waals surface area contributed by atoms with Crippen LogP contribution in [-0.4, -0.2) is 28.3 Å². The molecule has 1 aromatic carbocycles. The molecular formula is C11H9BrClN2OS-. The van der Waals surface area contributed by atoms with Crippen molar-refractivity contribution in [2.45, 2.75) is 0 Å². The van der Waals surface area contributed by atoms with Crippen LogP contribution >= 0.6 is 27.7 Å². The Balaban J connectivity index is 0.00000108. The fraction of sp³-hybridized carbons (Fsp3) is 0.182. The van der Waals surface area contributed by atoms with Gasteiger partial charge in [-0.1, -0.05) is 27.7 Å². The smallest absolute Gasteiger partial charge is 0.168 e. The van der Waals surface area contributed by atoms with Crippen LogP contribution in [0.2, 0.25) is 0 Å². The van der Waals surface area contributed by atoms with Crippen LogP contribution in [0.1, 0.15) is 5.56 Å². The molecule has 1 aromatic rings. The van der Waals surface area contributed by atoms with Gasteiger partial charge in [0.1, 0.15) is 5.75 Å². The number of nitrogens with zero attached hydrogens (tertiary/aromatic N) is 2. The normalized spacial score (nSPS) is 17.4. The zero-order valence-corrected chi connectivity index (χ0v) is 11.9. The van der Waals surface area contributed by atoms with E-state index in [1.54, 1.807) is 17.8 Å². The number of halogens is 2. The third kappa shape index (κ3) is 2.19. The molecule has 0 bridgehead atoms. The van der Waals surface area contributed by atoms with Crippen molar-refractivity contribution in [3.8, 4) is 5.75 Å². The van der Waals surface area contributed by atoms with E-state index in [1.807, 2.05) is 17.5 Å². The van der Waals surface area contributed by atoms with E-state index in [1.165, 1.54) is 0 Å². The summed E-state index contributed by atoms with van der Waals surface area (Å²) in [6.45, 7) is 1.74. The first-order chi connectivity index (χ1) is 7.75. The van der Waals surface area contributed by atoms with Gasteiger partial charge in [-0.3, -0.25) is 4.99 Å². The Labute approximate surface area is 118 Å². The maximum absolute atomic E-state index is 9.88. The number of benzene rings is 1. The number of hydrogen-bond donors (Lipinski definition) is 1. The molecule has 2 aliphatic rings. The van der Waals surface area contributed by atoms with Crippen LogP contribution in [0.25, 0.3) is 5.70 Å². The van der Waals surface area contributed by atoms with Crippen molar-refractivity contribution < 1.29 is 17.5 Å². The first-order valence-electron chi connectivity index (χ1n) is 4.93. The average molecular weight is 333 g/mol. The molecule has 0 fully saturated rings. The third-order valence-corrected chi connectivity index (χ3v) is 4.00. The predicted molar refractivity (Wildman–Crippen MR) is 70.4 cm³/mol. The van der Waals surface area contributed by atoms with Crippen LogP contribution in [0.15, 0.2) is 33.1 Å². The zero-order chi connectivity index (χ0) is 11.1. The summed E-state index contributed by atoms with van der Waals surface area (Å²) >= 11 is 5.04. The SMILES string of the molecule is Oc1ccc(Br)cc1C1=CSC2=NCCN12.[Cl-]. The molecule has 0 atom stereocenters. The quantitative estimate of drug-likeness (QED) is 0.779. The van der Waals surface area contributed by atoms with Crippen LogP contribution in [0, 0.1) is 0 Å². The Morgan fingerprint density at radius 3 is 3.06 bits per heavy atom. The highest BCUT2D eigenvalue weighted by Gasteiger charge is 2.28. The monoisotopic (exact) mass is 331 g/mol. The topological polar surface area (TPSA) is 35.8 Å². The maximum Gasteiger partial charge on any atom is 0.168 e. The molecule has 2 aliphatic heterocycles. The van der Waals surface area contributed by atoms with Crippen molar-refractivity contribution >= 4 is 38.6 Å². The lowest BCUT2D eigenvalue weighted by Crippen LogP contribution is -3.00. The summed E-state index contributed by atoms with van der Waals surface area (Å²) in [5, 5.41) is 13.0. The van der Waals surface area contributed by atoms with E-state index in [-0.39, 0.29) is 12.4 Å². The van der Waals surface area contributed by atoms with Gasteiger partial charge in [-0.25, -0.2) is 0 Å². The summed E-state index contributed by atoms with van der Waals surface area (Å²) in [5.41, 5.74) is 1.90. The Morgan fingerprint density at radius 2 is 2.24 bits per heavy atom. The largest absolute Gasteiger partial charge is 1.00 e. The number of amidine groups is 1. The second kappa shape index (κ2) is 4.92. The van der Waals surface area contributed by atoms with E-state index in [0.717, 1.165) is 34.0 Å². The maximum atomic E-state index is 9.88. The molecule has 0 amide bonds. The van der Waals surface area contributed by atoms with Gasteiger partial charge < -0.3 is 22.4 Å². The summed E-state index contributed by atoms with van der Waals surface area (Å²) in [4.78, 5) is 6.53.